The molecule has 0 radical (unpaired) electrons. The summed E-state index contributed by atoms with van der Waals surface area (Å²) in [5.74, 6) is 0.0835. The molecule has 2 atom stereocenters. The van der Waals surface area contributed by atoms with Gasteiger partial charge in [-0.2, -0.15) is 0 Å². The average Bonchev–Trinajstić information content (AvgIpc) is 3.30. The van der Waals surface area contributed by atoms with Gasteiger partial charge in [0, 0.05) is 48.3 Å². The summed E-state index contributed by atoms with van der Waals surface area (Å²) in [4.78, 5) is 26.5. The number of nitrogens with one attached hydrogen (secondary N) is 1. The van der Waals surface area contributed by atoms with Gasteiger partial charge >= 0.3 is 0 Å². The second kappa shape index (κ2) is 11.2. The Balaban J connectivity index is 1.24. The Bertz CT molecular complexity index is 1800. The summed E-state index contributed by atoms with van der Waals surface area (Å²) in [7, 11) is 0. The molecule has 1 amide bonds. The molecule has 0 saturated heterocycles. The van der Waals surface area contributed by atoms with Gasteiger partial charge in [0.25, 0.3) is 5.91 Å². The minimum Gasteiger partial charge on any atom is -0.503 e. The van der Waals surface area contributed by atoms with E-state index in [2.05, 4.69) is 17.4 Å². The standard InChI is InChI=1S/C36H30N2O5/c39-31-17-18-38(20-30-26-12-4-2-10-24(26)22-43-33-16-8-6-14-28(30)33)34(35(31)40)36(41)37-19-29-25-11-3-1-9-23(25)21-42-32-15-7-5-13-27(29)32/h1-18,29-30,40H,19-22H2,(H,37,41). The van der Waals surface area contributed by atoms with E-state index in [1.54, 1.807) is 10.8 Å². The van der Waals surface area contributed by atoms with Crippen molar-refractivity contribution in [1.82, 2.24) is 9.88 Å². The van der Waals surface area contributed by atoms with Crippen LogP contribution in [0.25, 0.3) is 0 Å². The third kappa shape index (κ3) is 4.93. The van der Waals surface area contributed by atoms with Crippen LogP contribution in [0.3, 0.4) is 0 Å². The molecular formula is C36H30N2O5. The van der Waals surface area contributed by atoms with Gasteiger partial charge in [0.2, 0.25) is 5.43 Å². The van der Waals surface area contributed by atoms with E-state index in [1.165, 1.54) is 6.07 Å². The number of carbonyl (C=O) groups is 1. The Morgan fingerprint density at radius 2 is 1.23 bits per heavy atom. The number of pyridine rings is 1. The van der Waals surface area contributed by atoms with Crippen LogP contribution in [0, 0.1) is 0 Å². The van der Waals surface area contributed by atoms with Gasteiger partial charge in [-0.15, -0.1) is 0 Å². The molecule has 0 aliphatic carbocycles. The largest absolute Gasteiger partial charge is 0.503 e. The number of amides is 1. The highest BCUT2D eigenvalue weighted by atomic mass is 16.5. The van der Waals surface area contributed by atoms with Crippen molar-refractivity contribution >= 4 is 5.91 Å². The fraction of sp³-hybridized carbons (Fsp3) is 0.167. The zero-order chi connectivity index (χ0) is 29.3. The van der Waals surface area contributed by atoms with Gasteiger partial charge in [-0.25, -0.2) is 0 Å². The monoisotopic (exact) mass is 570 g/mol. The first-order valence-corrected chi connectivity index (χ1v) is 14.4. The Morgan fingerprint density at radius 1 is 0.721 bits per heavy atom. The Hall–Kier alpha value is -5.30. The van der Waals surface area contributed by atoms with E-state index in [-0.39, 0.29) is 24.1 Å². The highest BCUT2D eigenvalue weighted by molar-refractivity contribution is 5.95. The van der Waals surface area contributed by atoms with Crippen molar-refractivity contribution in [2.45, 2.75) is 31.6 Å². The third-order valence-electron chi connectivity index (χ3n) is 8.43. The van der Waals surface area contributed by atoms with Crippen LogP contribution in [-0.2, 0) is 19.8 Å². The van der Waals surface area contributed by atoms with Crippen LogP contribution in [0.1, 0.15) is 55.7 Å². The minimum absolute atomic E-state index is 0.0703. The van der Waals surface area contributed by atoms with Crippen molar-refractivity contribution in [1.29, 1.82) is 0 Å². The van der Waals surface area contributed by atoms with Crippen LogP contribution in [0.4, 0.5) is 0 Å². The molecule has 5 aromatic rings. The smallest absolute Gasteiger partial charge is 0.271 e. The predicted octanol–water partition coefficient (Wildman–Crippen LogP) is 5.73. The first kappa shape index (κ1) is 26.6. The highest BCUT2D eigenvalue weighted by Crippen LogP contribution is 2.39. The summed E-state index contributed by atoms with van der Waals surface area (Å²) >= 11 is 0. The number of hydrogen-bond acceptors (Lipinski definition) is 5. The second-order valence-electron chi connectivity index (χ2n) is 10.9. The van der Waals surface area contributed by atoms with E-state index < -0.39 is 17.1 Å². The predicted molar refractivity (Wildman–Crippen MR) is 163 cm³/mol. The molecule has 3 heterocycles. The van der Waals surface area contributed by atoms with Crippen LogP contribution in [0.5, 0.6) is 17.2 Å². The van der Waals surface area contributed by atoms with Crippen molar-refractivity contribution in [2.24, 2.45) is 0 Å². The molecule has 0 saturated carbocycles. The molecule has 0 spiro atoms. The summed E-state index contributed by atoms with van der Waals surface area (Å²) in [6.07, 6.45) is 1.58. The van der Waals surface area contributed by atoms with Crippen molar-refractivity contribution in [3.63, 3.8) is 0 Å². The summed E-state index contributed by atoms with van der Waals surface area (Å²) in [5, 5.41) is 14.0. The number of fused-ring (bicyclic) bond motifs is 4. The molecular weight excluding hydrogens is 540 g/mol. The Morgan fingerprint density at radius 3 is 1.86 bits per heavy atom. The molecule has 43 heavy (non-hydrogen) atoms. The number of benzene rings is 4. The van der Waals surface area contributed by atoms with E-state index in [0.29, 0.717) is 19.8 Å². The van der Waals surface area contributed by atoms with Gasteiger partial charge in [-0.3, -0.25) is 9.59 Å². The number of nitrogens with zero attached hydrogens (tertiary/aromatic N) is 1. The maximum atomic E-state index is 13.9. The third-order valence-corrected chi connectivity index (χ3v) is 8.43. The molecule has 2 unspecified atom stereocenters. The lowest BCUT2D eigenvalue weighted by Crippen LogP contribution is -2.33. The van der Waals surface area contributed by atoms with E-state index in [0.717, 1.165) is 44.9 Å². The van der Waals surface area contributed by atoms with Gasteiger partial charge < -0.3 is 24.5 Å². The van der Waals surface area contributed by atoms with Crippen molar-refractivity contribution in [2.75, 3.05) is 6.54 Å². The average molecular weight is 571 g/mol. The first-order chi connectivity index (χ1) is 21.1. The number of carbonyl (C=O) groups excluding carboxylic acids is 1. The van der Waals surface area contributed by atoms with Crippen LogP contribution in [0.15, 0.2) is 114 Å². The van der Waals surface area contributed by atoms with Crippen LogP contribution >= 0.6 is 0 Å². The maximum absolute atomic E-state index is 13.9. The lowest BCUT2D eigenvalue weighted by Gasteiger charge is -2.24. The van der Waals surface area contributed by atoms with E-state index >= 15 is 0 Å². The van der Waals surface area contributed by atoms with Gasteiger partial charge in [0.05, 0.1) is 0 Å². The SMILES string of the molecule is O=C(NCC1c2ccccc2COc2ccccc21)c1c(O)c(=O)ccn1CC1c2ccccc2COc2ccccc21. The van der Waals surface area contributed by atoms with Crippen molar-refractivity contribution < 1.29 is 19.4 Å². The molecule has 214 valence electrons. The molecule has 2 aliphatic heterocycles. The normalized spacial score (nSPS) is 16.6. The lowest BCUT2D eigenvalue weighted by molar-refractivity contribution is 0.0938. The van der Waals surface area contributed by atoms with Gasteiger partial charge in [0.15, 0.2) is 11.4 Å². The maximum Gasteiger partial charge on any atom is 0.271 e. The number of aromatic hydroxyl groups is 1. The summed E-state index contributed by atoms with van der Waals surface area (Å²) in [6, 6.07) is 33.1. The zero-order valence-corrected chi connectivity index (χ0v) is 23.4. The summed E-state index contributed by atoms with van der Waals surface area (Å²) in [6.45, 7) is 1.43. The van der Waals surface area contributed by atoms with E-state index in [1.807, 2.05) is 84.9 Å². The second-order valence-corrected chi connectivity index (χ2v) is 10.9. The molecule has 7 nitrogen and oxygen atoms in total. The van der Waals surface area contributed by atoms with Crippen LogP contribution in [-0.4, -0.2) is 22.1 Å². The number of aromatic nitrogens is 1. The Kier molecular flexibility index (Phi) is 6.91. The quantitative estimate of drug-likeness (QED) is 0.282. The number of hydrogen-bond donors (Lipinski definition) is 2. The number of para-hydroxylation sites is 2. The van der Waals surface area contributed by atoms with Crippen molar-refractivity contribution in [3.05, 3.63) is 159 Å². The highest BCUT2D eigenvalue weighted by Gasteiger charge is 2.29. The Labute approximate surface area is 249 Å². The summed E-state index contributed by atoms with van der Waals surface area (Å²) in [5.41, 5.74) is 5.50. The fourth-order valence-electron chi connectivity index (χ4n) is 6.30. The first-order valence-electron chi connectivity index (χ1n) is 14.4. The molecule has 2 aliphatic rings. The van der Waals surface area contributed by atoms with Gasteiger partial charge in [0.1, 0.15) is 24.7 Å². The molecule has 2 N–H and O–H groups in total. The van der Waals surface area contributed by atoms with Gasteiger partial charge in [-0.05, 0) is 34.4 Å². The van der Waals surface area contributed by atoms with E-state index in [4.69, 9.17) is 9.47 Å². The van der Waals surface area contributed by atoms with Gasteiger partial charge in [-0.1, -0.05) is 84.9 Å². The molecule has 4 aromatic carbocycles. The molecule has 7 rings (SSSR count). The van der Waals surface area contributed by atoms with E-state index in [9.17, 15) is 14.7 Å². The molecule has 0 fully saturated rings. The molecule has 1 aromatic heterocycles. The zero-order valence-electron chi connectivity index (χ0n) is 23.4. The summed E-state index contributed by atoms with van der Waals surface area (Å²) < 4.78 is 13.9. The number of ether oxygens (including phenoxy) is 2. The molecule has 0 bridgehead atoms. The number of rotatable bonds is 5. The lowest BCUT2D eigenvalue weighted by atomic mass is 9.88. The molecule has 7 heteroatoms. The fourth-order valence-corrected chi connectivity index (χ4v) is 6.30. The topological polar surface area (TPSA) is 89.8 Å². The van der Waals surface area contributed by atoms with Crippen molar-refractivity contribution in [3.8, 4) is 17.2 Å². The minimum atomic E-state index is -0.607. The van der Waals surface area contributed by atoms with Crippen LogP contribution < -0.4 is 20.2 Å². The van der Waals surface area contributed by atoms with Crippen LogP contribution in [0.2, 0.25) is 0 Å².